The standard InChI is InChI=1S/C27H30N4O/c1-2-3-4-5-6-13-18-29-27(32)23(20-28)19-24-21-31(25-16-11-8-12-17-25)30-26(24)22-14-9-7-10-15-22/h7-12,14-17,19,21H,2-6,13,18H2,1H3,(H,29,32)/b23-19-. The number of rotatable bonds is 11. The van der Waals surface area contributed by atoms with Gasteiger partial charge in [-0.2, -0.15) is 10.4 Å². The maximum atomic E-state index is 12.6. The van der Waals surface area contributed by atoms with Crippen LogP contribution in [0.1, 0.15) is 51.0 Å². The van der Waals surface area contributed by atoms with Gasteiger partial charge in [-0.05, 0) is 24.6 Å². The number of benzene rings is 2. The molecule has 32 heavy (non-hydrogen) atoms. The number of carbonyl (C=O) groups excluding carboxylic acids is 1. The van der Waals surface area contributed by atoms with Gasteiger partial charge in [0.05, 0.1) is 11.4 Å². The van der Waals surface area contributed by atoms with E-state index >= 15 is 0 Å². The molecule has 164 valence electrons. The molecule has 0 fully saturated rings. The van der Waals surface area contributed by atoms with Crippen molar-refractivity contribution in [2.75, 3.05) is 6.54 Å². The predicted molar refractivity (Wildman–Crippen MR) is 129 cm³/mol. The Labute approximate surface area is 190 Å². The molecule has 1 heterocycles. The second-order valence-corrected chi connectivity index (χ2v) is 7.77. The van der Waals surface area contributed by atoms with Crippen LogP contribution in [0.4, 0.5) is 0 Å². The monoisotopic (exact) mass is 426 g/mol. The number of nitrogens with zero attached hydrogens (tertiary/aromatic N) is 3. The zero-order chi connectivity index (χ0) is 22.6. The minimum atomic E-state index is -0.340. The van der Waals surface area contributed by atoms with E-state index in [4.69, 9.17) is 5.10 Å². The summed E-state index contributed by atoms with van der Waals surface area (Å²) in [6, 6.07) is 21.6. The van der Waals surface area contributed by atoms with Crippen molar-refractivity contribution < 1.29 is 4.79 Å². The van der Waals surface area contributed by atoms with Gasteiger partial charge in [0.1, 0.15) is 11.6 Å². The Hall–Kier alpha value is -3.65. The summed E-state index contributed by atoms with van der Waals surface area (Å²) >= 11 is 0. The number of amides is 1. The summed E-state index contributed by atoms with van der Waals surface area (Å²) in [5, 5.41) is 17.3. The van der Waals surface area contributed by atoms with Crippen molar-refractivity contribution in [3.8, 4) is 23.0 Å². The minimum Gasteiger partial charge on any atom is -0.351 e. The first kappa shape index (κ1) is 23.0. The zero-order valence-corrected chi connectivity index (χ0v) is 18.6. The number of para-hydroxylation sites is 1. The fraction of sp³-hybridized carbons (Fsp3) is 0.296. The topological polar surface area (TPSA) is 70.7 Å². The van der Waals surface area contributed by atoms with Crippen LogP contribution in [0.25, 0.3) is 23.0 Å². The summed E-state index contributed by atoms with van der Waals surface area (Å²) < 4.78 is 1.78. The van der Waals surface area contributed by atoms with Crippen LogP contribution >= 0.6 is 0 Å². The number of carbonyl (C=O) groups is 1. The van der Waals surface area contributed by atoms with E-state index < -0.39 is 0 Å². The van der Waals surface area contributed by atoms with Gasteiger partial charge in [-0.1, -0.05) is 87.6 Å². The highest BCUT2D eigenvalue weighted by Crippen LogP contribution is 2.25. The largest absolute Gasteiger partial charge is 0.351 e. The van der Waals surface area contributed by atoms with Crippen molar-refractivity contribution in [1.82, 2.24) is 15.1 Å². The second-order valence-electron chi connectivity index (χ2n) is 7.77. The molecule has 0 saturated carbocycles. The Bertz CT molecular complexity index is 1060. The Balaban J connectivity index is 1.78. The fourth-order valence-corrected chi connectivity index (χ4v) is 3.53. The summed E-state index contributed by atoms with van der Waals surface area (Å²) in [4.78, 5) is 12.6. The van der Waals surface area contributed by atoms with E-state index in [2.05, 4.69) is 18.3 Å². The highest BCUT2D eigenvalue weighted by molar-refractivity contribution is 6.02. The third kappa shape index (κ3) is 6.42. The molecule has 0 bridgehead atoms. The van der Waals surface area contributed by atoms with Crippen LogP contribution in [0, 0.1) is 11.3 Å². The molecule has 0 aliphatic rings. The highest BCUT2D eigenvalue weighted by atomic mass is 16.1. The van der Waals surface area contributed by atoms with Crippen LogP contribution in [0.3, 0.4) is 0 Å². The molecular formula is C27H30N4O. The average molecular weight is 427 g/mol. The van der Waals surface area contributed by atoms with Crippen molar-refractivity contribution in [2.24, 2.45) is 0 Å². The van der Waals surface area contributed by atoms with Gasteiger partial charge in [0, 0.05) is 23.9 Å². The molecule has 0 radical (unpaired) electrons. The molecule has 2 aromatic carbocycles. The first-order chi connectivity index (χ1) is 15.7. The molecule has 0 spiro atoms. The number of hydrogen-bond acceptors (Lipinski definition) is 3. The highest BCUT2D eigenvalue weighted by Gasteiger charge is 2.14. The quantitative estimate of drug-likeness (QED) is 0.235. The molecule has 0 unspecified atom stereocenters. The van der Waals surface area contributed by atoms with Crippen molar-refractivity contribution >= 4 is 12.0 Å². The fourth-order valence-electron chi connectivity index (χ4n) is 3.53. The van der Waals surface area contributed by atoms with E-state index in [0.717, 1.165) is 35.3 Å². The summed E-state index contributed by atoms with van der Waals surface area (Å²) in [5.41, 5.74) is 3.38. The Morgan fingerprint density at radius 1 is 1.00 bits per heavy atom. The third-order valence-electron chi connectivity index (χ3n) is 5.29. The van der Waals surface area contributed by atoms with Gasteiger partial charge in [-0.25, -0.2) is 4.68 Å². The maximum Gasteiger partial charge on any atom is 0.261 e. The number of nitriles is 1. The molecule has 3 rings (SSSR count). The molecular weight excluding hydrogens is 396 g/mol. The molecule has 5 nitrogen and oxygen atoms in total. The number of hydrogen-bond donors (Lipinski definition) is 1. The number of aromatic nitrogens is 2. The summed E-state index contributed by atoms with van der Waals surface area (Å²) in [6.45, 7) is 2.78. The maximum absolute atomic E-state index is 12.6. The van der Waals surface area contributed by atoms with Crippen molar-refractivity contribution in [1.29, 1.82) is 5.26 Å². The minimum absolute atomic E-state index is 0.0841. The lowest BCUT2D eigenvalue weighted by Gasteiger charge is -2.04. The predicted octanol–water partition coefficient (Wildman–Crippen LogP) is 5.92. The van der Waals surface area contributed by atoms with Crippen LogP contribution in [-0.2, 0) is 4.79 Å². The van der Waals surface area contributed by atoms with Crippen LogP contribution < -0.4 is 5.32 Å². The summed E-state index contributed by atoms with van der Waals surface area (Å²) in [7, 11) is 0. The zero-order valence-electron chi connectivity index (χ0n) is 18.6. The van der Waals surface area contributed by atoms with E-state index in [1.807, 2.05) is 66.9 Å². The Morgan fingerprint density at radius 3 is 2.34 bits per heavy atom. The first-order valence-electron chi connectivity index (χ1n) is 11.3. The molecule has 0 saturated heterocycles. The van der Waals surface area contributed by atoms with Gasteiger partial charge in [-0.3, -0.25) is 4.79 Å². The van der Waals surface area contributed by atoms with Crippen molar-refractivity contribution in [3.05, 3.63) is 78.0 Å². The molecule has 1 N–H and O–H groups in total. The normalized spacial score (nSPS) is 11.2. The molecule has 5 heteroatoms. The smallest absolute Gasteiger partial charge is 0.261 e. The number of nitrogens with one attached hydrogen (secondary N) is 1. The van der Waals surface area contributed by atoms with E-state index in [1.54, 1.807) is 10.8 Å². The van der Waals surface area contributed by atoms with Gasteiger partial charge < -0.3 is 5.32 Å². The second kappa shape index (κ2) is 12.3. The van der Waals surface area contributed by atoms with Gasteiger partial charge in [0.15, 0.2) is 0 Å². The Kier molecular flexibility index (Phi) is 8.82. The molecule has 1 amide bonds. The van der Waals surface area contributed by atoms with Gasteiger partial charge in [-0.15, -0.1) is 0 Å². The van der Waals surface area contributed by atoms with Gasteiger partial charge >= 0.3 is 0 Å². The first-order valence-corrected chi connectivity index (χ1v) is 11.3. The van der Waals surface area contributed by atoms with Gasteiger partial charge in [0.2, 0.25) is 0 Å². The lowest BCUT2D eigenvalue weighted by molar-refractivity contribution is -0.117. The lowest BCUT2D eigenvalue weighted by Crippen LogP contribution is -2.25. The van der Waals surface area contributed by atoms with Crippen molar-refractivity contribution in [2.45, 2.75) is 45.4 Å². The molecule has 0 aliphatic carbocycles. The molecule has 1 aromatic heterocycles. The molecule has 3 aromatic rings. The van der Waals surface area contributed by atoms with Gasteiger partial charge in [0.25, 0.3) is 5.91 Å². The van der Waals surface area contributed by atoms with Crippen molar-refractivity contribution in [3.63, 3.8) is 0 Å². The SMILES string of the molecule is CCCCCCCCNC(=O)/C(C#N)=C\c1cn(-c2ccccc2)nc1-c1ccccc1. The third-order valence-corrected chi connectivity index (χ3v) is 5.29. The molecule has 0 aliphatic heterocycles. The van der Waals surface area contributed by atoms with Crippen LogP contribution in [0.5, 0.6) is 0 Å². The van der Waals surface area contributed by atoms with E-state index in [-0.39, 0.29) is 11.5 Å². The van der Waals surface area contributed by atoms with E-state index in [0.29, 0.717) is 6.54 Å². The lowest BCUT2D eigenvalue weighted by atomic mass is 10.1. The van der Waals surface area contributed by atoms with E-state index in [1.165, 1.54) is 25.7 Å². The van der Waals surface area contributed by atoms with E-state index in [9.17, 15) is 10.1 Å². The van der Waals surface area contributed by atoms with Crippen LogP contribution in [0.15, 0.2) is 72.4 Å². The summed E-state index contributed by atoms with van der Waals surface area (Å²) in [6.07, 6.45) is 10.4. The van der Waals surface area contributed by atoms with Crippen LogP contribution in [0.2, 0.25) is 0 Å². The summed E-state index contributed by atoms with van der Waals surface area (Å²) in [5.74, 6) is -0.340. The average Bonchev–Trinajstić information content (AvgIpc) is 3.27. The molecule has 0 atom stereocenters. The van der Waals surface area contributed by atoms with Crippen LogP contribution in [-0.4, -0.2) is 22.2 Å². The number of unbranched alkanes of at least 4 members (excludes halogenated alkanes) is 5. The Morgan fingerprint density at radius 2 is 1.66 bits per heavy atom.